The monoisotopic (exact) mass is 400 g/mol. The van der Waals surface area contributed by atoms with E-state index in [-0.39, 0.29) is 11.8 Å². The quantitative estimate of drug-likeness (QED) is 0.379. The largest absolute Gasteiger partial charge is 0.350 e. The maximum atomic E-state index is 7.13. The Morgan fingerprint density at radius 2 is 1.77 bits per heavy atom. The van der Waals surface area contributed by atoms with Crippen LogP contribution in [0, 0.1) is 11.8 Å². The van der Waals surface area contributed by atoms with Gasteiger partial charge in [-0.25, -0.2) is 0 Å². The summed E-state index contributed by atoms with van der Waals surface area (Å²) >= 11 is 29.3. The summed E-state index contributed by atoms with van der Waals surface area (Å²) in [6.07, 6.45) is 6.34. The number of fused-ring (bicyclic) bond motifs is 8. The summed E-state index contributed by atoms with van der Waals surface area (Å²) in [6.45, 7) is 0. The van der Waals surface area contributed by atoms with Gasteiger partial charge >= 0.3 is 0 Å². The van der Waals surface area contributed by atoms with Gasteiger partial charge in [0.15, 0.2) is 0 Å². The number of hydrogen-bond acceptors (Lipinski definition) is 3. The number of allylic oxidation sites excluding steroid dienone is 1. The van der Waals surface area contributed by atoms with Crippen molar-refractivity contribution in [1.82, 2.24) is 0 Å². The van der Waals surface area contributed by atoms with Crippen LogP contribution in [0.2, 0.25) is 0 Å². The average molecular weight is 402 g/mol. The predicted octanol–water partition coefficient (Wildman–Crippen LogP) is 4.71. The van der Waals surface area contributed by atoms with E-state index in [1.165, 1.54) is 0 Å². The Morgan fingerprint density at radius 3 is 2.41 bits per heavy atom. The summed E-state index contributed by atoms with van der Waals surface area (Å²) in [5.74, 6) is -1.11. The summed E-state index contributed by atoms with van der Waals surface area (Å²) in [7, 11) is 3.12. The highest BCUT2D eigenvalue weighted by molar-refractivity contribution is 8.00. The van der Waals surface area contributed by atoms with Crippen molar-refractivity contribution in [2.75, 3.05) is 14.2 Å². The smallest absolute Gasteiger partial charge is 0.217 e. The summed E-state index contributed by atoms with van der Waals surface area (Å²) < 4.78 is 11.6. The summed E-state index contributed by atoms with van der Waals surface area (Å²) in [6, 6.07) is 0. The maximum Gasteiger partial charge on any atom is 0.217 e. The van der Waals surface area contributed by atoms with E-state index in [9.17, 15) is 0 Å². The van der Waals surface area contributed by atoms with Gasteiger partial charge in [0.1, 0.15) is 9.75 Å². The van der Waals surface area contributed by atoms with E-state index >= 15 is 0 Å². The zero-order valence-corrected chi connectivity index (χ0v) is 16.0. The van der Waals surface area contributed by atoms with Crippen molar-refractivity contribution in [2.45, 2.75) is 38.9 Å². The van der Waals surface area contributed by atoms with Gasteiger partial charge in [-0.05, 0) is 18.8 Å². The zero-order valence-electron chi connectivity index (χ0n) is 12.1. The molecule has 0 aromatic heterocycles. The molecule has 0 amide bonds. The normalized spacial score (nSPS) is 51.4. The highest BCUT2D eigenvalue weighted by Gasteiger charge is 2.85. The molecule has 6 atom stereocenters. The van der Waals surface area contributed by atoms with Crippen molar-refractivity contribution in [3.8, 4) is 0 Å². The third kappa shape index (κ3) is 1.48. The van der Waals surface area contributed by atoms with Gasteiger partial charge in [-0.3, -0.25) is 0 Å². The third-order valence-electron chi connectivity index (χ3n) is 5.72. The number of halogens is 4. The number of thioether (sulfide) groups is 1. The van der Waals surface area contributed by atoms with Crippen LogP contribution in [-0.4, -0.2) is 40.3 Å². The topological polar surface area (TPSA) is 18.5 Å². The van der Waals surface area contributed by atoms with Crippen molar-refractivity contribution >= 4 is 58.2 Å². The number of ether oxygens (including phenoxy) is 2. The highest BCUT2D eigenvalue weighted by atomic mass is 35.5. The molecule has 2 nitrogen and oxygen atoms in total. The second-order valence-electron chi connectivity index (χ2n) is 6.32. The van der Waals surface area contributed by atoms with Gasteiger partial charge in [-0.1, -0.05) is 35.4 Å². The van der Waals surface area contributed by atoms with E-state index < -0.39 is 15.5 Å². The minimum absolute atomic E-state index is 0.0627. The number of alkyl halides is 2. The van der Waals surface area contributed by atoms with Gasteiger partial charge in [-0.2, -0.15) is 11.8 Å². The van der Waals surface area contributed by atoms with Crippen molar-refractivity contribution in [3.63, 3.8) is 0 Å². The summed E-state index contributed by atoms with van der Waals surface area (Å²) in [5.41, 5.74) is 0. The van der Waals surface area contributed by atoms with Crippen LogP contribution in [0.25, 0.3) is 0 Å². The Kier molecular flexibility index (Phi) is 3.70. The standard InChI is InChI=1S/C15H16Cl4O2S/c1-20-15(21-2)13(18)8-6-7-4-3-5-9(22-7)10(8)14(15,19)12(17)11(13)16/h3-4,7-10H,5-6H2,1-2H3. The van der Waals surface area contributed by atoms with Crippen molar-refractivity contribution < 1.29 is 9.47 Å². The predicted molar refractivity (Wildman–Crippen MR) is 93.2 cm³/mol. The Labute approximate surface area is 154 Å². The number of methoxy groups -OCH3 is 2. The lowest BCUT2D eigenvalue weighted by atomic mass is 9.75. The van der Waals surface area contributed by atoms with Crippen LogP contribution in [0.3, 0.4) is 0 Å². The molecule has 0 N–H and O–H groups in total. The van der Waals surface area contributed by atoms with Crippen LogP contribution >= 0.6 is 58.2 Å². The van der Waals surface area contributed by atoms with E-state index in [1.807, 2.05) is 11.8 Å². The van der Waals surface area contributed by atoms with Crippen LogP contribution < -0.4 is 0 Å². The Balaban J connectivity index is 1.97. The molecular formula is C15H16Cl4O2S. The molecule has 0 aromatic carbocycles. The molecule has 2 heterocycles. The Hall–Kier alpha value is 0.910. The molecule has 2 aliphatic heterocycles. The molecule has 0 aromatic rings. The van der Waals surface area contributed by atoms with E-state index in [0.717, 1.165) is 12.8 Å². The van der Waals surface area contributed by atoms with Gasteiger partial charge in [-0.15, -0.1) is 23.2 Å². The fourth-order valence-corrected chi connectivity index (χ4v) is 9.09. The van der Waals surface area contributed by atoms with E-state index in [4.69, 9.17) is 55.9 Å². The van der Waals surface area contributed by atoms with Crippen LogP contribution in [0.5, 0.6) is 0 Å². The van der Waals surface area contributed by atoms with E-state index in [2.05, 4.69) is 12.2 Å². The minimum atomic E-state index is -1.25. The van der Waals surface area contributed by atoms with E-state index in [0.29, 0.717) is 20.6 Å². The molecule has 0 radical (unpaired) electrons. The number of rotatable bonds is 2. The molecule has 1 saturated heterocycles. The summed E-state index contributed by atoms with van der Waals surface area (Å²) in [5, 5.41) is 1.54. The molecule has 7 heteroatoms. The fraction of sp³-hybridized carbons (Fsp3) is 0.733. The first-order chi connectivity index (χ1) is 10.4. The third-order valence-corrected chi connectivity index (χ3v) is 9.93. The molecule has 0 spiro atoms. The van der Waals surface area contributed by atoms with E-state index in [1.54, 1.807) is 14.2 Å². The van der Waals surface area contributed by atoms with Gasteiger partial charge in [0.2, 0.25) is 5.79 Å². The Bertz CT molecular complexity index is 590. The molecule has 1 saturated carbocycles. The first-order valence-electron chi connectivity index (χ1n) is 7.25. The summed E-state index contributed by atoms with van der Waals surface area (Å²) in [4.78, 5) is -2.08. The zero-order chi connectivity index (χ0) is 15.9. The lowest BCUT2D eigenvalue weighted by molar-refractivity contribution is -0.220. The molecule has 4 bridgehead atoms. The van der Waals surface area contributed by atoms with Gasteiger partial charge < -0.3 is 9.47 Å². The highest BCUT2D eigenvalue weighted by Crippen LogP contribution is 2.77. The SMILES string of the molecule is COC1(OC)C2(Cl)C(Cl)=C(Cl)C1(Cl)C1C3CC=CC(CC12)S3. The van der Waals surface area contributed by atoms with Crippen molar-refractivity contribution in [2.24, 2.45) is 11.8 Å². The first kappa shape index (κ1) is 16.4. The lowest BCUT2D eigenvalue weighted by Crippen LogP contribution is -2.57. The van der Waals surface area contributed by atoms with Crippen molar-refractivity contribution in [3.05, 3.63) is 22.2 Å². The second kappa shape index (κ2) is 4.97. The van der Waals surface area contributed by atoms with Crippen molar-refractivity contribution in [1.29, 1.82) is 0 Å². The van der Waals surface area contributed by atoms with Gasteiger partial charge in [0.05, 0.1) is 10.1 Å². The fourth-order valence-electron chi connectivity index (χ4n) is 4.98. The molecular weight excluding hydrogens is 386 g/mol. The van der Waals surface area contributed by atoms with Crippen LogP contribution in [0.15, 0.2) is 22.2 Å². The maximum absolute atomic E-state index is 7.13. The van der Waals surface area contributed by atoms with Crippen LogP contribution in [0.1, 0.15) is 12.8 Å². The minimum Gasteiger partial charge on any atom is -0.350 e. The van der Waals surface area contributed by atoms with Gasteiger partial charge in [0, 0.05) is 30.6 Å². The number of hydrogen-bond donors (Lipinski definition) is 0. The Morgan fingerprint density at radius 1 is 1.14 bits per heavy atom. The van der Waals surface area contributed by atoms with Gasteiger partial charge in [0.25, 0.3) is 0 Å². The molecule has 2 aliphatic carbocycles. The average Bonchev–Trinajstić information content (AvgIpc) is 2.77. The van der Waals surface area contributed by atoms with Crippen LogP contribution in [0.4, 0.5) is 0 Å². The molecule has 2 fully saturated rings. The first-order valence-corrected chi connectivity index (χ1v) is 9.70. The molecule has 4 rings (SSSR count). The molecule has 122 valence electrons. The second-order valence-corrected chi connectivity index (χ2v) is 9.75. The van der Waals surface area contributed by atoms with Crippen LogP contribution in [-0.2, 0) is 9.47 Å². The molecule has 6 unspecified atom stereocenters. The molecule has 4 aliphatic rings. The molecule has 22 heavy (non-hydrogen) atoms. The lowest BCUT2D eigenvalue weighted by Gasteiger charge is -2.47.